The number of para-hydroxylation sites is 1. The standard InChI is InChI=1S/C14H21N3/c1-12(2)16-9-6-10-17(3)14-8-5-4-7-13(14)11-15/h4-5,7-8,12,16H,6,9-10H2,1-3H3. The van der Waals surface area contributed by atoms with E-state index in [9.17, 15) is 0 Å². The molecule has 0 aliphatic heterocycles. The normalized spacial score (nSPS) is 10.3. The van der Waals surface area contributed by atoms with E-state index in [-0.39, 0.29) is 0 Å². The van der Waals surface area contributed by atoms with Crippen LogP contribution in [0.15, 0.2) is 24.3 Å². The molecule has 92 valence electrons. The Bertz CT molecular complexity index is 379. The number of nitriles is 1. The molecule has 0 fully saturated rings. The molecule has 1 N–H and O–H groups in total. The van der Waals surface area contributed by atoms with Gasteiger partial charge in [0.2, 0.25) is 0 Å². The molecular formula is C14H21N3. The Morgan fingerprint density at radius 2 is 2.06 bits per heavy atom. The van der Waals surface area contributed by atoms with Gasteiger partial charge in [0.15, 0.2) is 0 Å². The molecule has 3 nitrogen and oxygen atoms in total. The highest BCUT2D eigenvalue weighted by atomic mass is 15.1. The van der Waals surface area contributed by atoms with Crippen LogP contribution in [-0.2, 0) is 0 Å². The molecule has 0 saturated heterocycles. The number of hydrogen-bond acceptors (Lipinski definition) is 3. The van der Waals surface area contributed by atoms with Crippen molar-refractivity contribution in [2.24, 2.45) is 0 Å². The maximum atomic E-state index is 9.02. The lowest BCUT2D eigenvalue weighted by Gasteiger charge is -2.20. The monoisotopic (exact) mass is 231 g/mol. The molecule has 0 unspecified atom stereocenters. The average Bonchev–Trinajstić information content (AvgIpc) is 2.34. The number of hydrogen-bond donors (Lipinski definition) is 1. The third-order valence-electron chi connectivity index (χ3n) is 2.66. The van der Waals surface area contributed by atoms with Crippen molar-refractivity contribution < 1.29 is 0 Å². The zero-order valence-corrected chi connectivity index (χ0v) is 10.9. The molecule has 1 rings (SSSR count). The molecule has 0 aliphatic carbocycles. The van der Waals surface area contributed by atoms with Gasteiger partial charge in [-0.15, -0.1) is 0 Å². The average molecular weight is 231 g/mol. The van der Waals surface area contributed by atoms with Crippen LogP contribution in [0, 0.1) is 11.3 Å². The SMILES string of the molecule is CC(C)NCCCN(C)c1ccccc1C#N. The van der Waals surface area contributed by atoms with Crippen LogP contribution in [0.1, 0.15) is 25.8 Å². The zero-order chi connectivity index (χ0) is 12.7. The van der Waals surface area contributed by atoms with Crippen LogP contribution in [0.2, 0.25) is 0 Å². The Morgan fingerprint density at radius 3 is 2.71 bits per heavy atom. The van der Waals surface area contributed by atoms with Crippen LogP contribution in [0.25, 0.3) is 0 Å². The van der Waals surface area contributed by atoms with Crippen molar-refractivity contribution in [3.63, 3.8) is 0 Å². The highest BCUT2D eigenvalue weighted by Crippen LogP contribution is 2.17. The van der Waals surface area contributed by atoms with E-state index in [4.69, 9.17) is 5.26 Å². The molecule has 0 aromatic heterocycles. The Hall–Kier alpha value is -1.53. The summed E-state index contributed by atoms with van der Waals surface area (Å²) < 4.78 is 0. The van der Waals surface area contributed by atoms with Gasteiger partial charge in [0.1, 0.15) is 6.07 Å². The van der Waals surface area contributed by atoms with Gasteiger partial charge in [-0.1, -0.05) is 26.0 Å². The van der Waals surface area contributed by atoms with Crippen molar-refractivity contribution in [1.82, 2.24) is 5.32 Å². The van der Waals surface area contributed by atoms with Gasteiger partial charge < -0.3 is 10.2 Å². The van der Waals surface area contributed by atoms with Crippen LogP contribution >= 0.6 is 0 Å². The first kappa shape index (κ1) is 13.5. The van der Waals surface area contributed by atoms with Crippen molar-refractivity contribution in [2.45, 2.75) is 26.3 Å². The van der Waals surface area contributed by atoms with Crippen molar-refractivity contribution in [2.75, 3.05) is 25.0 Å². The number of nitrogens with zero attached hydrogens (tertiary/aromatic N) is 2. The van der Waals surface area contributed by atoms with Gasteiger partial charge >= 0.3 is 0 Å². The topological polar surface area (TPSA) is 39.1 Å². The second kappa shape index (κ2) is 6.93. The molecule has 0 spiro atoms. The molecule has 1 aromatic carbocycles. The Labute approximate surface area is 104 Å². The second-order valence-electron chi connectivity index (χ2n) is 4.51. The molecular weight excluding hydrogens is 210 g/mol. The lowest BCUT2D eigenvalue weighted by molar-refractivity contribution is 0.570. The van der Waals surface area contributed by atoms with Crippen LogP contribution in [0.4, 0.5) is 5.69 Å². The summed E-state index contributed by atoms with van der Waals surface area (Å²) in [4.78, 5) is 2.14. The molecule has 0 saturated carbocycles. The molecule has 0 bridgehead atoms. The Kier molecular flexibility index (Phi) is 5.51. The minimum absolute atomic E-state index is 0.534. The summed E-state index contributed by atoms with van der Waals surface area (Å²) in [7, 11) is 2.03. The third kappa shape index (κ3) is 4.46. The molecule has 3 heteroatoms. The smallest absolute Gasteiger partial charge is 0.101 e. The van der Waals surface area contributed by atoms with Gasteiger partial charge in [-0.3, -0.25) is 0 Å². The fourth-order valence-corrected chi connectivity index (χ4v) is 1.73. The van der Waals surface area contributed by atoms with Crippen molar-refractivity contribution >= 4 is 5.69 Å². The van der Waals surface area contributed by atoms with Crippen molar-refractivity contribution in [1.29, 1.82) is 5.26 Å². The Balaban J connectivity index is 2.47. The fraction of sp³-hybridized carbons (Fsp3) is 0.500. The van der Waals surface area contributed by atoms with Gasteiger partial charge in [-0.05, 0) is 25.1 Å². The van der Waals surface area contributed by atoms with E-state index in [1.54, 1.807) is 0 Å². The lowest BCUT2D eigenvalue weighted by Crippen LogP contribution is -2.28. The molecule has 17 heavy (non-hydrogen) atoms. The fourth-order valence-electron chi connectivity index (χ4n) is 1.73. The van der Waals surface area contributed by atoms with Crippen LogP contribution in [0.3, 0.4) is 0 Å². The molecule has 0 radical (unpaired) electrons. The first-order valence-electron chi connectivity index (χ1n) is 6.08. The van der Waals surface area contributed by atoms with Gasteiger partial charge in [-0.2, -0.15) is 5.26 Å². The summed E-state index contributed by atoms with van der Waals surface area (Å²) in [5, 5.41) is 12.4. The predicted molar refractivity (Wildman–Crippen MR) is 72.2 cm³/mol. The minimum Gasteiger partial charge on any atom is -0.373 e. The van der Waals surface area contributed by atoms with Gasteiger partial charge in [0.05, 0.1) is 11.3 Å². The summed E-state index contributed by atoms with van der Waals surface area (Å²) in [5.74, 6) is 0. The number of nitrogens with one attached hydrogen (secondary N) is 1. The highest BCUT2D eigenvalue weighted by Gasteiger charge is 2.05. The van der Waals surface area contributed by atoms with E-state index in [0.717, 1.165) is 30.8 Å². The van der Waals surface area contributed by atoms with E-state index in [1.165, 1.54) is 0 Å². The number of rotatable bonds is 6. The van der Waals surface area contributed by atoms with Crippen LogP contribution in [0.5, 0.6) is 0 Å². The van der Waals surface area contributed by atoms with Gasteiger partial charge in [0, 0.05) is 19.6 Å². The molecule has 0 aliphatic rings. The maximum absolute atomic E-state index is 9.02. The number of benzene rings is 1. The van der Waals surface area contributed by atoms with E-state index in [2.05, 4.69) is 30.1 Å². The summed E-state index contributed by atoms with van der Waals surface area (Å²) in [6.07, 6.45) is 1.08. The van der Waals surface area contributed by atoms with Crippen LogP contribution in [-0.4, -0.2) is 26.2 Å². The highest BCUT2D eigenvalue weighted by molar-refractivity contribution is 5.58. The number of anilines is 1. The molecule has 1 aromatic rings. The predicted octanol–water partition coefficient (Wildman–Crippen LogP) is 2.38. The second-order valence-corrected chi connectivity index (χ2v) is 4.51. The minimum atomic E-state index is 0.534. The lowest BCUT2D eigenvalue weighted by atomic mass is 10.2. The first-order valence-corrected chi connectivity index (χ1v) is 6.08. The molecule has 0 heterocycles. The third-order valence-corrected chi connectivity index (χ3v) is 2.66. The van der Waals surface area contributed by atoms with E-state index in [1.807, 2.05) is 31.3 Å². The zero-order valence-electron chi connectivity index (χ0n) is 10.9. The van der Waals surface area contributed by atoms with Gasteiger partial charge in [-0.25, -0.2) is 0 Å². The van der Waals surface area contributed by atoms with E-state index in [0.29, 0.717) is 6.04 Å². The van der Waals surface area contributed by atoms with Crippen molar-refractivity contribution in [3.8, 4) is 6.07 Å². The quantitative estimate of drug-likeness (QED) is 0.764. The molecule has 0 amide bonds. The summed E-state index contributed by atoms with van der Waals surface area (Å²) >= 11 is 0. The maximum Gasteiger partial charge on any atom is 0.101 e. The molecule has 0 atom stereocenters. The van der Waals surface area contributed by atoms with Crippen LogP contribution < -0.4 is 10.2 Å². The van der Waals surface area contributed by atoms with Gasteiger partial charge in [0.25, 0.3) is 0 Å². The summed E-state index contributed by atoms with van der Waals surface area (Å²) in [5.41, 5.74) is 1.76. The Morgan fingerprint density at radius 1 is 1.35 bits per heavy atom. The van der Waals surface area contributed by atoms with E-state index >= 15 is 0 Å². The van der Waals surface area contributed by atoms with Crippen molar-refractivity contribution in [3.05, 3.63) is 29.8 Å². The largest absolute Gasteiger partial charge is 0.373 e. The summed E-state index contributed by atoms with van der Waals surface area (Å²) in [6.45, 7) is 6.26. The van der Waals surface area contributed by atoms with E-state index < -0.39 is 0 Å². The summed E-state index contributed by atoms with van der Waals surface area (Å²) in [6, 6.07) is 10.5. The first-order chi connectivity index (χ1) is 8.15.